The molecule has 2 fully saturated rings. The molecule has 1 N–H and O–H groups in total. The van der Waals surface area contributed by atoms with Crippen molar-refractivity contribution in [1.82, 2.24) is 0 Å². The summed E-state index contributed by atoms with van der Waals surface area (Å²) in [6, 6.07) is 14.4. The van der Waals surface area contributed by atoms with E-state index >= 15 is 0 Å². The Morgan fingerprint density at radius 2 is 1.68 bits per heavy atom. The standard InChI is InChI=1S/C24H26N2O4S/c1-30-19-11-9-18(10-12-19)26-22(27)15-21(24(26)29)31-20-13-7-17(8-14-20)25-23(28)16-5-3-2-4-6-16/h7-14,16,21H,2-6,15H2,1H3,(H,25,28). The van der Waals surface area contributed by atoms with Crippen molar-refractivity contribution < 1.29 is 19.1 Å². The number of ether oxygens (including phenoxy) is 1. The fourth-order valence-corrected chi connectivity index (χ4v) is 5.14. The lowest BCUT2D eigenvalue weighted by Gasteiger charge is -2.20. The van der Waals surface area contributed by atoms with E-state index in [0.717, 1.165) is 36.3 Å². The average Bonchev–Trinajstić information content (AvgIpc) is 3.08. The van der Waals surface area contributed by atoms with Crippen molar-refractivity contribution in [1.29, 1.82) is 0 Å². The lowest BCUT2D eigenvalue weighted by Crippen LogP contribution is -2.31. The first kappa shape index (κ1) is 21.4. The summed E-state index contributed by atoms with van der Waals surface area (Å²) in [5, 5.41) is 2.54. The number of benzene rings is 2. The largest absolute Gasteiger partial charge is 0.497 e. The molecule has 2 aliphatic rings. The summed E-state index contributed by atoms with van der Waals surface area (Å²) in [5.74, 6) is 0.448. The second-order valence-corrected chi connectivity index (χ2v) is 9.20. The second kappa shape index (κ2) is 9.56. The third-order valence-electron chi connectivity index (χ3n) is 5.81. The van der Waals surface area contributed by atoms with Gasteiger partial charge in [0.25, 0.3) is 0 Å². The first-order chi connectivity index (χ1) is 15.0. The molecular formula is C24H26N2O4S. The lowest BCUT2D eigenvalue weighted by molar-refractivity contribution is -0.122. The van der Waals surface area contributed by atoms with Crippen molar-refractivity contribution in [2.45, 2.75) is 48.7 Å². The van der Waals surface area contributed by atoms with Crippen LogP contribution in [0.4, 0.5) is 11.4 Å². The van der Waals surface area contributed by atoms with Crippen molar-refractivity contribution in [3.63, 3.8) is 0 Å². The lowest BCUT2D eigenvalue weighted by atomic mass is 9.88. The molecule has 162 valence electrons. The number of hydrogen-bond acceptors (Lipinski definition) is 5. The molecule has 1 heterocycles. The van der Waals surface area contributed by atoms with Crippen molar-refractivity contribution in [3.8, 4) is 5.75 Å². The monoisotopic (exact) mass is 438 g/mol. The van der Waals surface area contributed by atoms with Crippen molar-refractivity contribution >= 4 is 40.9 Å². The SMILES string of the molecule is COc1ccc(N2C(=O)CC(Sc3ccc(NC(=O)C4CCCCC4)cc3)C2=O)cc1. The molecule has 3 amide bonds. The minimum atomic E-state index is -0.461. The molecule has 1 aliphatic heterocycles. The molecule has 4 rings (SSSR count). The van der Waals surface area contributed by atoms with E-state index < -0.39 is 5.25 Å². The molecule has 0 spiro atoms. The van der Waals surface area contributed by atoms with E-state index in [2.05, 4.69) is 5.32 Å². The Balaban J connectivity index is 1.37. The van der Waals surface area contributed by atoms with Crippen LogP contribution in [-0.2, 0) is 14.4 Å². The van der Waals surface area contributed by atoms with Gasteiger partial charge in [-0.05, 0) is 61.4 Å². The highest BCUT2D eigenvalue weighted by molar-refractivity contribution is 8.00. The van der Waals surface area contributed by atoms with E-state index in [1.807, 2.05) is 24.3 Å². The topological polar surface area (TPSA) is 75.7 Å². The Bertz CT molecular complexity index is 953. The molecule has 0 aromatic heterocycles. The van der Waals surface area contributed by atoms with Crippen molar-refractivity contribution in [3.05, 3.63) is 48.5 Å². The number of nitrogens with zero attached hydrogens (tertiary/aromatic N) is 1. The van der Waals surface area contributed by atoms with Gasteiger partial charge in [0.05, 0.1) is 18.0 Å². The third-order valence-corrected chi connectivity index (χ3v) is 7.01. The number of nitrogens with one attached hydrogen (secondary N) is 1. The fraction of sp³-hybridized carbons (Fsp3) is 0.375. The number of hydrogen-bond donors (Lipinski definition) is 1. The number of amides is 3. The number of carbonyl (C=O) groups excluding carboxylic acids is 3. The van der Waals surface area contributed by atoms with E-state index in [9.17, 15) is 14.4 Å². The summed E-state index contributed by atoms with van der Waals surface area (Å²) < 4.78 is 5.13. The quantitative estimate of drug-likeness (QED) is 0.665. The maximum atomic E-state index is 12.9. The molecule has 1 atom stereocenters. The second-order valence-electron chi connectivity index (χ2n) is 7.92. The molecule has 0 radical (unpaired) electrons. The smallest absolute Gasteiger partial charge is 0.247 e. The summed E-state index contributed by atoms with van der Waals surface area (Å²) in [6.45, 7) is 0. The maximum absolute atomic E-state index is 12.9. The third kappa shape index (κ3) is 4.93. The van der Waals surface area contributed by atoms with Crippen LogP contribution < -0.4 is 15.0 Å². The maximum Gasteiger partial charge on any atom is 0.247 e. The predicted octanol–water partition coefficient (Wildman–Crippen LogP) is 4.64. The zero-order valence-corrected chi connectivity index (χ0v) is 18.3. The van der Waals surface area contributed by atoms with E-state index in [1.54, 1.807) is 31.4 Å². The molecule has 2 aromatic carbocycles. The van der Waals surface area contributed by atoms with Gasteiger partial charge in [0.1, 0.15) is 5.75 Å². The molecule has 1 unspecified atom stereocenters. The molecule has 6 nitrogen and oxygen atoms in total. The average molecular weight is 439 g/mol. The summed E-state index contributed by atoms with van der Waals surface area (Å²) in [4.78, 5) is 39.9. The number of anilines is 2. The Kier molecular flexibility index (Phi) is 6.61. The highest BCUT2D eigenvalue weighted by Crippen LogP contribution is 2.35. The van der Waals surface area contributed by atoms with Gasteiger partial charge in [-0.2, -0.15) is 0 Å². The van der Waals surface area contributed by atoms with Crippen LogP contribution >= 0.6 is 11.8 Å². The van der Waals surface area contributed by atoms with Crippen molar-refractivity contribution in [2.24, 2.45) is 5.92 Å². The van der Waals surface area contributed by atoms with Gasteiger partial charge in [0.15, 0.2) is 0 Å². The molecule has 2 aromatic rings. The molecule has 7 heteroatoms. The molecule has 1 saturated heterocycles. The zero-order valence-electron chi connectivity index (χ0n) is 17.5. The van der Waals surface area contributed by atoms with E-state index in [4.69, 9.17) is 4.74 Å². The van der Waals surface area contributed by atoms with Crippen LogP contribution in [0.15, 0.2) is 53.4 Å². The Morgan fingerprint density at radius 1 is 1.00 bits per heavy atom. The molecular weight excluding hydrogens is 412 g/mol. The molecule has 1 saturated carbocycles. The van der Waals surface area contributed by atoms with Gasteiger partial charge in [-0.15, -0.1) is 11.8 Å². The highest BCUT2D eigenvalue weighted by Gasteiger charge is 2.40. The summed E-state index contributed by atoms with van der Waals surface area (Å²) in [5.41, 5.74) is 1.31. The summed E-state index contributed by atoms with van der Waals surface area (Å²) >= 11 is 1.38. The van der Waals surface area contributed by atoms with E-state index in [0.29, 0.717) is 11.4 Å². The minimum absolute atomic E-state index is 0.0896. The normalized spacial score (nSPS) is 19.5. The van der Waals surface area contributed by atoms with Gasteiger partial charge in [-0.25, -0.2) is 4.90 Å². The summed E-state index contributed by atoms with van der Waals surface area (Å²) in [7, 11) is 1.57. The first-order valence-corrected chi connectivity index (χ1v) is 11.5. The predicted molar refractivity (Wildman–Crippen MR) is 121 cm³/mol. The van der Waals surface area contributed by atoms with E-state index in [1.165, 1.54) is 23.1 Å². The zero-order chi connectivity index (χ0) is 21.8. The minimum Gasteiger partial charge on any atom is -0.497 e. The van der Waals surface area contributed by atoms with Crippen LogP contribution in [0, 0.1) is 5.92 Å². The van der Waals surface area contributed by atoms with Crippen LogP contribution in [0.25, 0.3) is 0 Å². The fourth-order valence-electron chi connectivity index (χ4n) is 4.09. The summed E-state index contributed by atoms with van der Waals surface area (Å²) in [6.07, 6.45) is 5.54. The van der Waals surface area contributed by atoms with Crippen LogP contribution in [-0.4, -0.2) is 30.1 Å². The van der Waals surface area contributed by atoms with Gasteiger partial charge in [-0.3, -0.25) is 14.4 Å². The van der Waals surface area contributed by atoms with Gasteiger partial charge in [-0.1, -0.05) is 19.3 Å². The Hall–Kier alpha value is -2.80. The van der Waals surface area contributed by atoms with Crippen LogP contribution in [0.2, 0.25) is 0 Å². The number of carbonyl (C=O) groups is 3. The van der Waals surface area contributed by atoms with Gasteiger partial charge < -0.3 is 10.1 Å². The van der Waals surface area contributed by atoms with Crippen LogP contribution in [0.5, 0.6) is 5.75 Å². The highest BCUT2D eigenvalue weighted by atomic mass is 32.2. The Morgan fingerprint density at radius 3 is 2.32 bits per heavy atom. The van der Waals surface area contributed by atoms with Gasteiger partial charge in [0.2, 0.25) is 17.7 Å². The van der Waals surface area contributed by atoms with Gasteiger partial charge in [0, 0.05) is 22.9 Å². The number of imide groups is 1. The first-order valence-electron chi connectivity index (χ1n) is 10.6. The van der Waals surface area contributed by atoms with Crippen LogP contribution in [0.3, 0.4) is 0 Å². The molecule has 1 aliphatic carbocycles. The van der Waals surface area contributed by atoms with Crippen molar-refractivity contribution in [2.75, 3.05) is 17.3 Å². The number of rotatable bonds is 6. The molecule has 0 bridgehead atoms. The van der Waals surface area contributed by atoms with E-state index in [-0.39, 0.29) is 30.1 Å². The number of thioether (sulfide) groups is 1. The number of methoxy groups -OCH3 is 1. The van der Waals surface area contributed by atoms with Gasteiger partial charge >= 0.3 is 0 Å². The van der Waals surface area contributed by atoms with Crippen LogP contribution in [0.1, 0.15) is 38.5 Å². The molecule has 31 heavy (non-hydrogen) atoms. The Labute approximate surface area is 186 Å².